The van der Waals surface area contributed by atoms with Gasteiger partial charge in [-0.25, -0.2) is 0 Å². The molecule has 0 bridgehead atoms. The molecule has 134 valence electrons. The number of hydrogen-bond donors (Lipinski definition) is 1. The molecule has 0 fully saturated rings. The highest BCUT2D eigenvalue weighted by molar-refractivity contribution is 5.88. The van der Waals surface area contributed by atoms with Crippen molar-refractivity contribution < 1.29 is 18.7 Å². The Hall–Kier alpha value is -2.95. The number of carbonyl (C=O) groups excluding carboxylic acids is 1. The van der Waals surface area contributed by atoms with Crippen LogP contribution in [0.2, 0.25) is 0 Å². The Balaban J connectivity index is 1.43. The van der Waals surface area contributed by atoms with Crippen molar-refractivity contribution in [1.82, 2.24) is 5.32 Å². The van der Waals surface area contributed by atoms with Crippen molar-refractivity contribution in [1.29, 1.82) is 0 Å². The Morgan fingerprint density at radius 2 is 1.96 bits per heavy atom. The number of ether oxygens (including phenoxy) is 2. The average molecular weight is 351 g/mol. The molecule has 5 heteroatoms. The highest BCUT2D eigenvalue weighted by Crippen LogP contribution is 2.32. The molecule has 1 amide bonds. The molecule has 0 spiro atoms. The average Bonchev–Trinajstić information content (AvgIpc) is 3.26. The lowest BCUT2D eigenvalue weighted by Crippen LogP contribution is -2.24. The molecule has 5 nitrogen and oxygen atoms in total. The Bertz CT molecular complexity index is 958. The predicted octanol–water partition coefficient (Wildman–Crippen LogP) is 4.14. The minimum absolute atomic E-state index is 0.0414. The Kier molecular flexibility index (Phi) is 4.29. The minimum atomic E-state index is -0.0414. The van der Waals surface area contributed by atoms with Crippen LogP contribution in [0.3, 0.4) is 0 Å². The first kappa shape index (κ1) is 16.5. The fourth-order valence-electron chi connectivity index (χ4n) is 3.08. The van der Waals surface area contributed by atoms with Crippen LogP contribution in [0.25, 0.3) is 11.0 Å². The van der Waals surface area contributed by atoms with Crippen molar-refractivity contribution in [3.8, 4) is 11.5 Å². The third-order valence-corrected chi connectivity index (χ3v) is 4.62. The van der Waals surface area contributed by atoms with Gasteiger partial charge in [0.25, 0.3) is 0 Å². The van der Waals surface area contributed by atoms with E-state index in [0.29, 0.717) is 18.9 Å². The smallest absolute Gasteiger partial charge is 0.231 e. The molecule has 1 aromatic heterocycles. The van der Waals surface area contributed by atoms with Crippen molar-refractivity contribution >= 4 is 16.9 Å². The Morgan fingerprint density at radius 1 is 1.12 bits per heavy atom. The molecule has 1 aliphatic rings. The fraction of sp³-hybridized carbons (Fsp3) is 0.286. The number of benzene rings is 2. The molecule has 1 N–H and O–H groups in total. The zero-order valence-corrected chi connectivity index (χ0v) is 14.9. The van der Waals surface area contributed by atoms with Gasteiger partial charge in [0.1, 0.15) is 5.58 Å². The molecular formula is C21H21NO4. The van der Waals surface area contributed by atoms with Crippen LogP contribution in [0, 0.1) is 0 Å². The monoisotopic (exact) mass is 351 g/mol. The summed E-state index contributed by atoms with van der Waals surface area (Å²) in [5.41, 5.74) is 3.93. The van der Waals surface area contributed by atoms with E-state index in [1.165, 1.54) is 5.56 Å². The van der Waals surface area contributed by atoms with Crippen LogP contribution >= 0.6 is 0 Å². The third kappa shape index (κ3) is 3.25. The molecule has 0 saturated heterocycles. The molecule has 4 rings (SSSR count). The van der Waals surface area contributed by atoms with E-state index in [4.69, 9.17) is 13.9 Å². The number of carbonyl (C=O) groups is 1. The van der Waals surface area contributed by atoms with Gasteiger partial charge in [0.2, 0.25) is 12.7 Å². The van der Waals surface area contributed by atoms with Crippen LogP contribution in [-0.2, 0) is 17.8 Å². The van der Waals surface area contributed by atoms with Gasteiger partial charge < -0.3 is 19.2 Å². The normalized spacial score (nSPS) is 12.7. The number of fused-ring (bicyclic) bond motifs is 2. The molecule has 26 heavy (non-hydrogen) atoms. The van der Waals surface area contributed by atoms with Gasteiger partial charge in [0.05, 0.1) is 12.7 Å². The second-order valence-electron chi connectivity index (χ2n) is 6.81. The van der Waals surface area contributed by atoms with Gasteiger partial charge in [-0.05, 0) is 41.3 Å². The largest absolute Gasteiger partial charge is 0.464 e. The lowest BCUT2D eigenvalue weighted by molar-refractivity contribution is -0.120. The quantitative estimate of drug-likeness (QED) is 0.750. The molecule has 0 radical (unpaired) electrons. The van der Waals surface area contributed by atoms with Crippen LogP contribution in [0.1, 0.15) is 36.5 Å². The lowest BCUT2D eigenvalue weighted by atomic mass is 10.00. The van der Waals surface area contributed by atoms with Gasteiger partial charge in [-0.15, -0.1) is 0 Å². The highest BCUT2D eigenvalue weighted by Gasteiger charge is 2.15. The summed E-state index contributed by atoms with van der Waals surface area (Å²) in [5, 5.41) is 3.96. The molecule has 0 unspecified atom stereocenters. The Labute approximate surface area is 151 Å². The molecule has 0 atom stereocenters. The van der Waals surface area contributed by atoms with E-state index < -0.39 is 0 Å². The summed E-state index contributed by atoms with van der Waals surface area (Å²) in [4.78, 5) is 12.4. The van der Waals surface area contributed by atoms with Crippen molar-refractivity contribution in [2.45, 2.75) is 32.7 Å². The second kappa shape index (κ2) is 6.75. The van der Waals surface area contributed by atoms with Crippen LogP contribution in [0.5, 0.6) is 11.5 Å². The van der Waals surface area contributed by atoms with Crippen LogP contribution in [0.4, 0.5) is 0 Å². The zero-order valence-electron chi connectivity index (χ0n) is 14.9. The summed E-state index contributed by atoms with van der Waals surface area (Å²) in [6, 6.07) is 11.8. The highest BCUT2D eigenvalue weighted by atomic mass is 16.7. The molecule has 1 aliphatic heterocycles. The molecule has 3 aromatic rings. The van der Waals surface area contributed by atoms with E-state index >= 15 is 0 Å². The zero-order chi connectivity index (χ0) is 18.1. The van der Waals surface area contributed by atoms with Gasteiger partial charge in [-0.3, -0.25) is 4.79 Å². The van der Waals surface area contributed by atoms with Gasteiger partial charge in [-0.2, -0.15) is 0 Å². The predicted molar refractivity (Wildman–Crippen MR) is 98.4 cm³/mol. The number of rotatable bonds is 5. The van der Waals surface area contributed by atoms with E-state index in [-0.39, 0.29) is 12.7 Å². The standard InChI is InChI=1S/C21H21NO4/c1-13(2)15-4-6-18-17(8-15)16(11-24-18)9-21(23)22-10-14-3-5-19-20(7-14)26-12-25-19/h3-8,11,13H,9-10,12H2,1-2H3,(H,22,23). The van der Waals surface area contributed by atoms with E-state index in [2.05, 4.69) is 31.3 Å². The van der Waals surface area contributed by atoms with Crippen LogP contribution in [-0.4, -0.2) is 12.7 Å². The van der Waals surface area contributed by atoms with E-state index in [1.807, 2.05) is 24.3 Å². The summed E-state index contributed by atoms with van der Waals surface area (Å²) >= 11 is 0. The summed E-state index contributed by atoms with van der Waals surface area (Å²) in [7, 11) is 0. The van der Waals surface area contributed by atoms with Crippen molar-refractivity contribution in [2.24, 2.45) is 0 Å². The van der Waals surface area contributed by atoms with Crippen molar-refractivity contribution in [3.05, 3.63) is 59.4 Å². The first-order valence-electron chi connectivity index (χ1n) is 8.75. The van der Waals surface area contributed by atoms with Crippen molar-refractivity contribution in [2.75, 3.05) is 6.79 Å². The summed E-state index contributed by atoms with van der Waals surface area (Å²) in [5.74, 6) is 1.85. The molecule has 0 saturated carbocycles. The maximum Gasteiger partial charge on any atom is 0.231 e. The number of furan rings is 1. The van der Waals surface area contributed by atoms with E-state index in [1.54, 1.807) is 6.26 Å². The van der Waals surface area contributed by atoms with Crippen molar-refractivity contribution in [3.63, 3.8) is 0 Å². The third-order valence-electron chi connectivity index (χ3n) is 4.62. The molecular weight excluding hydrogens is 330 g/mol. The van der Waals surface area contributed by atoms with Gasteiger partial charge >= 0.3 is 0 Å². The fourth-order valence-corrected chi connectivity index (χ4v) is 3.08. The van der Waals surface area contributed by atoms with Crippen LogP contribution in [0.15, 0.2) is 47.1 Å². The van der Waals surface area contributed by atoms with Gasteiger partial charge in [-0.1, -0.05) is 26.0 Å². The molecule has 0 aliphatic carbocycles. The Morgan fingerprint density at radius 3 is 2.81 bits per heavy atom. The summed E-state index contributed by atoms with van der Waals surface area (Å²) in [6.45, 7) is 5.00. The van der Waals surface area contributed by atoms with Gasteiger partial charge in [0, 0.05) is 17.5 Å². The maximum absolute atomic E-state index is 12.4. The SMILES string of the molecule is CC(C)c1ccc2occ(CC(=O)NCc3ccc4c(c3)OCO4)c2c1. The summed E-state index contributed by atoms with van der Waals surface area (Å²) in [6.07, 6.45) is 1.97. The van der Waals surface area contributed by atoms with Gasteiger partial charge in [0.15, 0.2) is 11.5 Å². The second-order valence-corrected chi connectivity index (χ2v) is 6.81. The minimum Gasteiger partial charge on any atom is -0.464 e. The van der Waals surface area contributed by atoms with Crippen LogP contribution < -0.4 is 14.8 Å². The molecule has 2 aromatic carbocycles. The number of hydrogen-bond acceptors (Lipinski definition) is 4. The first-order valence-corrected chi connectivity index (χ1v) is 8.75. The number of amides is 1. The first-order chi connectivity index (χ1) is 12.6. The molecule has 2 heterocycles. The number of nitrogens with one attached hydrogen (secondary N) is 1. The summed E-state index contributed by atoms with van der Waals surface area (Å²) < 4.78 is 16.2. The van der Waals surface area contributed by atoms with E-state index in [9.17, 15) is 4.79 Å². The topological polar surface area (TPSA) is 60.7 Å². The van der Waals surface area contributed by atoms with E-state index in [0.717, 1.165) is 33.6 Å². The maximum atomic E-state index is 12.4. The lowest BCUT2D eigenvalue weighted by Gasteiger charge is -2.07.